The summed E-state index contributed by atoms with van der Waals surface area (Å²) >= 11 is 0. The number of aromatic nitrogens is 3. The van der Waals surface area contributed by atoms with Gasteiger partial charge in [0.25, 0.3) is 5.91 Å². The topological polar surface area (TPSA) is 106 Å². The highest BCUT2D eigenvalue weighted by Crippen LogP contribution is 2.32. The molecule has 3 N–H and O–H groups in total. The van der Waals surface area contributed by atoms with E-state index in [0.717, 1.165) is 43.6 Å². The number of nitrogens with one attached hydrogen (secondary N) is 1. The molecule has 1 atom stereocenters. The molecule has 2 amide bonds. The molecule has 3 heterocycles. The lowest BCUT2D eigenvalue weighted by Gasteiger charge is -2.33. The molecule has 3 aromatic rings. The number of primary amides is 1. The van der Waals surface area contributed by atoms with Gasteiger partial charge < -0.3 is 16.0 Å². The van der Waals surface area contributed by atoms with Gasteiger partial charge in [-0.1, -0.05) is 12.1 Å². The van der Waals surface area contributed by atoms with Gasteiger partial charge >= 0.3 is 0 Å². The van der Waals surface area contributed by atoms with Crippen LogP contribution in [0.3, 0.4) is 0 Å². The van der Waals surface area contributed by atoms with E-state index in [4.69, 9.17) is 15.8 Å². The molecule has 31 heavy (non-hydrogen) atoms. The lowest BCUT2D eigenvalue weighted by Crippen LogP contribution is -2.41. The zero-order valence-corrected chi connectivity index (χ0v) is 17.4. The van der Waals surface area contributed by atoms with Gasteiger partial charge in [-0.2, -0.15) is 5.10 Å². The maximum Gasteiger partial charge on any atom is 0.250 e. The molecule has 5 rings (SSSR count). The Hall–Kier alpha value is -3.42. The molecule has 1 aliphatic carbocycles. The molecule has 1 aromatic carbocycles. The fourth-order valence-electron chi connectivity index (χ4n) is 4.80. The zero-order chi connectivity index (χ0) is 21.4. The number of para-hydroxylation sites is 1. The molecular formula is C23H26N6O2. The number of benzene rings is 1. The van der Waals surface area contributed by atoms with Crippen molar-refractivity contribution < 1.29 is 9.59 Å². The van der Waals surface area contributed by atoms with E-state index in [2.05, 4.69) is 10.2 Å². The Kier molecular flexibility index (Phi) is 5.05. The third-order valence-electron chi connectivity index (χ3n) is 6.34. The number of carbonyl (C=O) groups is 2. The fourth-order valence-corrected chi connectivity index (χ4v) is 4.80. The summed E-state index contributed by atoms with van der Waals surface area (Å²) in [5.74, 6) is 0.0621. The van der Waals surface area contributed by atoms with Crippen LogP contribution in [0.5, 0.6) is 0 Å². The average Bonchev–Trinajstić information content (AvgIpc) is 3.18. The summed E-state index contributed by atoms with van der Waals surface area (Å²) in [4.78, 5) is 31.6. The Bertz CT molecular complexity index is 1150. The van der Waals surface area contributed by atoms with Crippen LogP contribution in [-0.2, 0) is 17.6 Å². The van der Waals surface area contributed by atoms with Crippen molar-refractivity contribution >= 4 is 28.8 Å². The first-order valence-electron chi connectivity index (χ1n) is 10.9. The number of amides is 2. The van der Waals surface area contributed by atoms with Gasteiger partial charge in [-0.05, 0) is 50.7 Å². The van der Waals surface area contributed by atoms with Crippen LogP contribution in [-0.4, -0.2) is 39.5 Å². The van der Waals surface area contributed by atoms with E-state index in [1.165, 1.54) is 24.1 Å². The van der Waals surface area contributed by atoms with Crippen LogP contribution < -0.4 is 16.0 Å². The molecule has 1 aliphatic heterocycles. The number of hydrogen-bond acceptors (Lipinski definition) is 5. The smallest absolute Gasteiger partial charge is 0.250 e. The predicted molar refractivity (Wildman–Crippen MR) is 118 cm³/mol. The number of aryl methyl sites for hydroxylation is 2. The summed E-state index contributed by atoms with van der Waals surface area (Å²) < 4.78 is 1.95. The quantitative estimate of drug-likeness (QED) is 0.677. The van der Waals surface area contributed by atoms with Crippen LogP contribution in [0.4, 0.5) is 11.5 Å². The maximum atomic E-state index is 13.0. The lowest BCUT2D eigenvalue weighted by atomic mass is 9.95. The summed E-state index contributed by atoms with van der Waals surface area (Å²) in [6, 6.07) is 6.84. The van der Waals surface area contributed by atoms with E-state index < -0.39 is 5.91 Å². The number of piperidine rings is 1. The summed E-state index contributed by atoms with van der Waals surface area (Å²) in [5, 5.41) is 7.68. The highest BCUT2D eigenvalue weighted by molar-refractivity contribution is 6.03. The largest absolute Gasteiger partial charge is 0.366 e. The van der Waals surface area contributed by atoms with Crippen LogP contribution in [0.15, 0.2) is 36.7 Å². The van der Waals surface area contributed by atoms with Gasteiger partial charge in [0, 0.05) is 31.0 Å². The zero-order valence-electron chi connectivity index (χ0n) is 17.4. The van der Waals surface area contributed by atoms with Gasteiger partial charge in [0.15, 0.2) is 5.82 Å². The maximum absolute atomic E-state index is 13.0. The molecule has 1 fully saturated rings. The van der Waals surface area contributed by atoms with E-state index in [1.807, 2.05) is 10.7 Å². The standard InChI is InChI=1S/C23H26N6O2/c24-21(30)17-8-2-3-9-18(17)26-23(31)15-6-5-12-28(14-15)22-20-16-7-1-4-10-19(16)27-29(20)13-11-25-22/h2-3,8-9,11,13,15H,1,4-7,10,12,14H2,(H2,24,30)(H,26,31). The summed E-state index contributed by atoms with van der Waals surface area (Å²) in [6.45, 7) is 1.44. The van der Waals surface area contributed by atoms with Crippen LogP contribution >= 0.6 is 0 Å². The van der Waals surface area contributed by atoms with Crippen molar-refractivity contribution in [1.29, 1.82) is 0 Å². The number of hydrogen-bond donors (Lipinski definition) is 2. The minimum absolute atomic E-state index is 0.0964. The molecule has 0 radical (unpaired) electrons. The number of rotatable bonds is 4. The Morgan fingerprint density at radius 1 is 1.13 bits per heavy atom. The summed E-state index contributed by atoms with van der Waals surface area (Å²) in [6.07, 6.45) is 9.78. The fraction of sp³-hybridized carbons (Fsp3) is 0.391. The van der Waals surface area contributed by atoms with Crippen molar-refractivity contribution in [1.82, 2.24) is 14.6 Å². The average molecular weight is 419 g/mol. The van der Waals surface area contributed by atoms with E-state index in [9.17, 15) is 9.59 Å². The molecule has 0 bridgehead atoms. The van der Waals surface area contributed by atoms with E-state index >= 15 is 0 Å². The van der Waals surface area contributed by atoms with Gasteiger partial charge in [-0.15, -0.1) is 0 Å². The number of fused-ring (bicyclic) bond motifs is 3. The van der Waals surface area contributed by atoms with Crippen molar-refractivity contribution in [3.05, 3.63) is 53.5 Å². The SMILES string of the molecule is NC(=O)c1ccccc1NC(=O)C1CCCN(c2nccn3nc4c(c23)CCCC4)C1. The Balaban J connectivity index is 1.40. The Morgan fingerprint density at radius 3 is 2.84 bits per heavy atom. The van der Waals surface area contributed by atoms with E-state index in [0.29, 0.717) is 17.8 Å². The van der Waals surface area contributed by atoms with Crippen molar-refractivity contribution in [2.45, 2.75) is 38.5 Å². The molecule has 1 unspecified atom stereocenters. The number of nitrogens with zero attached hydrogens (tertiary/aromatic N) is 4. The lowest BCUT2D eigenvalue weighted by molar-refractivity contribution is -0.120. The second-order valence-electron chi connectivity index (χ2n) is 8.36. The number of nitrogens with two attached hydrogens (primary N) is 1. The van der Waals surface area contributed by atoms with Crippen molar-refractivity contribution in [2.75, 3.05) is 23.3 Å². The molecule has 1 saturated heterocycles. The molecule has 8 nitrogen and oxygen atoms in total. The first-order valence-corrected chi connectivity index (χ1v) is 10.9. The predicted octanol–water partition coefficient (Wildman–Crippen LogP) is 2.56. The summed E-state index contributed by atoms with van der Waals surface area (Å²) in [7, 11) is 0. The monoisotopic (exact) mass is 418 g/mol. The number of carbonyl (C=O) groups excluding carboxylic acids is 2. The van der Waals surface area contributed by atoms with Crippen LogP contribution in [0, 0.1) is 5.92 Å². The van der Waals surface area contributed by atoms with Crippen LogP contribution in [0.2, 0.25) is 0 Å². The third-order valence-corrected chi connectivity index (χ3v) is 6.34. The normalized spacial score (nSPS) is 18.6. The van der Waals surface area contributed by atoms with Gasteiger partial charge in [0.1, 0.15) is 5.52 Å². The van der Waals surface area contributed by atoms with Gasteiger partial charge in [0.05, 0.1) is 22.9 Å². The molecule has 0 saturated carbocycles. The minimum atomic E-state index is -0.553. The Labute approximate surface area is 180 Å². The highest BCUT2D eigenvalue weighted by atomic mass is 16.2. The van der Waals surface area contributed by atoms with Gasteiger partial charge in [-0.3, -0.25) is 9.59 Å². The molecule has 160 valence electrons. The van der Waals surface area contributed by atoms with Gasteiger partial charge in [-0.25, -0.2) is 9.50 Å². The molecule has 2 aliphatic rings. The first kappa shape index (κ1) is 19.5. The van der Waals surface area contributed by atoms with Crippen LogP contribution in [0.1, 0.15) is 47.3 Å². The first-order chi connectivity index (χ1) is 15.1. The summed E-state index contributed by atoms with van der Waals surface area (Å²) in [5.41, 5.74) is 9.79. The van der Waals surface area contributed by atoms with E-state index in [1.54, 1.807) is 30.5 Å². The minimum Gasteiger partial charge on any atom is -0.366 e. The Morgan fingerprint density at radius 2 is 1.97 bits per heavy atom. The molecule has 0 spiro atoms. The second kappa shape index (κ2) is 8.02. The van der Waals surface area contributed by atoms with Crippen LogP contribution in [0.25, 0.3) is 5.52 Å². The van der Waals surface area contributed by atoms with Crippen molar-refractivity contribution in [3.8, 4) is 0 Å². The highest BCUT2D eigenvalue weighted by Gasteiger charge is 2.30. The molecule has 8 heteroatoms. The van der Waals surface area contributed by atoms with Gasteiger partial charge in [0.2, 0.25) is 5.91 Å². The number of anilines is 2. The van der Waals surface area contributed by atoms with Crippen molar-refractivity contribution in [2.24, 2.45) is 11.7 Å². The van der Waals surface area contributed by atoms with E-state index in [-0.39, 0.29) is 11.8 Å². The van der Waals surface area contributed by atoms with Crippen molar-refractivity contribution in [3.63, 3.8) is 0 Å². The molecular weight excluding hydrogens is 392 g/mol. The third kappa shape index (κ3) is 3.62. The molecule has 2 aromatic heterocycles. The second-order valence-corrected chi connectivity index (χ2v) is 8.36.